The number of anilines is 2. The lowest BCUT2D eigenvalue weighted by molar-refractivity contribution is -0.137. The minimum atomic E-state index is -4.37. The first-order chi connectivity index (χ1) is 11.9. The molecule has 1 fully saturated rings. The van der Waals surface area contributed by atoms with E-state index in [1.807, 2.05) is 9.80 Å². The molecular formula is C18H16F4N2O. The second-order valence-corrected chi connectivity index (χ2v) is 5.85. The van der Waals surface area contributed by atoms with Crippen molar-refractivity contribution in [2.24, 2.45) is 0 Å². The Balaban J connectivity index is 1.70. The Morgan fingerprint density at radius 3 is 2.00 bits per heavy atom. The van der Waals surface area contributed by atoms with E-state index in [9.17, 15) is 22.4 Å². The lowest BCUT2D eigenvalue weighted by atomic mass is 10.1. The average molecular weight is 352 g/mol. The van der Waals surface area contributed by atoms with Gasteiger partial charge in [0, 0.05) is 37.6 Å². The molecule has 2 aromatic rings. The number of carbonyl (C=O) groups is 1. The highest BCUT2D eigenvalue weighted by molar-refractivity contribution is 5.76. The summed E-state index contributed by atoms with van der Waals surface area (Å²) in [6, 6.07) is 9.67. The predicted octanol–water partition coefficient (Wildman–Crippen LogP) is 3.98. The van der Waals surface area contributed by atoms with Crippen LogP contribution in [0.1, 0.15) is 15.9 Å². The van der Waals surface area contributed by atoms with E-state index in [1.54, 1.807) is 12.1 Å². The van der Waals surface area contributed by atoms with Crippen LogP contribution >= 0.6 is 0 Å². The Labute approximate surface area is 142 Å². The molecular weight excluding hydrogens is 336 g/mol. The molecule has 3 nitrogen and oxygen atoms in total. The van der Waals surface area contributed by atoms with Gasteiger partial charge in [0.05, 0.1) is 11.1 Å². The molecule has 132 valence electrons. The van der Waals surface area contributed by atoms with Gasteiger partial charge < -0.3 is 9.80 Å². The zero-order valence-electron chi connectivity index (χ0n) is 13.3. The number of carbonyl (C=O) groups excluding carboxylic acids is 1. The molecule has 3 rings (SSSR count). The van der Waals surface area contributed by atoms with E-state index in [2.05, 4.69) is 0 Å². The van der Waals surface area contributed by atoms with Crippen LogP contribution in [0.15, 0.2) is 42.5 Å². The smallest absolute Gasteiger partial charge is 0.368 e. The van der Waals surface area contributed by atoms with Crippen LogP contribution in [0.2, 0.25) is 0 Å². The number of aldehydes is 1. The van der Waals surface area contributed by atoms with Gasteiger partial charge in [0.2, 0.25) is 0 Å². The maximum absolute atomic E-state index is 13.7. The van der Waals surface area contributed by atoms with E-state index in [0.29, 0.717) is 43.8 Å². The van der Waals surface area contributed by atoms with Gasteiger partial charge in [-0.1, -0.05) is 6.07 Å². The third-order valence-corrected chi connectivity index (χ3v) is 4.29. The van der Waals surface area contributed by atoms with Crippen molar-refractivity contribution in [3.63, 3.8) is 0 Å². The molecule has 0 bridgehead atoms. The number of benzene rings is 2. The highest BCUT2D eigenvalue weighted by Gasteiger charge is 2.31. The molecule has 2 aromatic carbocycles. The van der Waals surface area contributed by atoms with Crippen LogP contribution in [0.3, 0.4) is 0 Å². The molecule has 7 heteroatoms. The maximum Gasteiger partial charge on any atom is 0.416 e. The Morgan fingerprint density at radius 1 is 0.880 bits per heavy atom. The summed E-state index contributed by atoms with van der Waals surface area (Å²) in [6.07, 6.45) is -3.90. The molecule has 0 aliphatic carbocycles. The lowest BCUT2D eigenvalue weighted by Gasteiger charge is -2.37. The molecule has 1 heterocycles. The van der Waals surface area contributed by atoms with Gasteiger partial charge in [-0.05, 0) is 36.4 Å². The number of nitrogens with zero attached hydrogens (tertiary/aromatic N) is 2. The van der Waals surface area contributed by atoms with Gasteiger partial charge in [0.1, 0.15) is 5.82 Å². The van der Waals surface area contributed by atoms with Gasteiger partial charge in [-0.2, -0.15) is 13.2 Å². The molecule has 0 saturated carbocycles. The Kier molecular flexibility index (Phi) is 4.65. The molecule has 25 heavy (non-hydrogen) atoms. The standard InChI is InChI=1S/C18H16F4N2O/c19-17-11-16(5-4-13(17)12-25)24-8-6-23(7-9-24)15-3-1-2-14(10-15)18(20,21)22/h1-5,10-12H,6-9H2. The first-order valence-corrected chi connectivity index (χ1v) is 7.80. The van der Waals surface area contributed by atoms with Crippen LogP contribution in [0, 0.1) is 5.82 Å². The first-order valence-electron chi connectivity index (χ1n) is 7.80. The lowest BCUT2D eigenvalue weighted by Crippen LogP contribution is -2.46. The monoisotopic (exact) mass is 352 g/mol. The van der Waals surface area contributed by atoms with Crippen molar-refractivity contribution >= 4 is 17.7 Å². The van der Waals surface area contributed by atoms with Gasteiger partial charge >= 0.3 is 6.18 Å². The number of rotatable bonds is 3. The summed E-state index contributed by atoms with van der Waals surface area (Å²) in [6.45, 7) is 2.16. The number of piperazine rings is 1. The van der Waals surface area contributed by atoms with Crippen LogP contribution in [-0.2, 0) is 6.18 Å². The van der Waals surface area contributed by atoms with Crippen molar-refractivity contribution in [1.29, 1.82) is 0 Å². The second kappa shape index (κ2) is 6.74. The molecule has 1 aliphatic heterocycles. The third kappa shape index (κ3) is 3.75. The Hall–Kier alpha value is -2.57. The van der Waals surface area contributed by atoms with Gasteiger partial charge in [-0.3, -0.25) is 4.79 Å². The minimum Gasteiger partial charge on any atom is -0.368 e. The molecule has 1 aliphatic rings. The van der Waals surface area contributed by atoms with Gasteiger partial charge in [0.25, 0.3) is 0 Å². The molecule has 0 unspecified atom stereocenters. The van der Waals surface area contributed by atoms with Crippen LogP contribution in [-0.4, -0.2) is 32.5 Å². The molecule has 1 saturated heterocycles. The summed E-state index contributed by atoms with van der Waals surface area (Å²) < 4.78 is 52.2. The molecule has 0 spiro atoms. The van der Waals surface area contributed by atoms with Crippen molar-refractivity contribution in [3.05, 3.63) is 59.4 Å². The molecule has 0 amide bonds. The van der Waals surface area contributed by atoms with Gasteiger partial charge in [-0.15, -0.1) is 0 Å². The van der Waals surface area contributed by atoms with Crippen molar-refractivity contribution in [1.82, 2.24) is 0 Å². The highest BCUT2D eigenvalue weighted by Crippen LogP contribution is 2.32. The van der Waals surface area contributed by atoms with E-state index in [0.717, 1.165) is 12.1 Å². The second-order valence-electron chi connectivity index (χ2n) is 5.85. The van der Waals surface area contributed by atoms with E-state index in [1.165, 1.54) is 18.2 Å². The zero-order valence-corrected chi connectivity index (χ0v) is 13.3. The summed E-state index contributed by atoms with van der Waals surface area (Å²) in [5, 5.41) is 0. The molecule has 0 radical (unpaired) electrons. The zero-order chi connectivity index (χ0) is 18.0. The molecule has 0 aromatic heterocycles. The summed E-state index contributed by atoms with van der Waals surface area (Å²) in [7, 11) is 0. The minimum absolute atomic E-state index is 0.00588. The van der Waals surface area contributed by atoms with Crippen molar-refractivity contribution in [2.45, 2.75) is 6.18 Å². The van der Waals surface area contributed by atoms with E-state index >= 15 is 0 Å². The summed E-state index contributed by atoms with van der Waals surface area (Å²) in [4.78, 5) is 14.5. The number of hydrogen-bond donors (Lipinski definition) is 0. The Bertz CT molecular complexity index is 768. The van der Waals surface area contributed by atoms with E-state index in [4.69, 9.17) is 0 Å². The van der Waals surface area contributed by atoms with Crippen LogP contribution < -0.4 is 9.80 Å². The normalized spacial score (nSPS) is 15.4. The van der Waals surface area contributed by atoms with Crippen LogP contribution in [0.5, 0.6) is 0 Å². The first kappa shape index (κ1) is 17.3. The van der Waals surface area contributed by atoms with Crippen molar-refractivity contribution < 1.29 is 22.4 Å². The average Bonchev–Trinajstić information content (AvgIpc) is 2.61. The molecule has 0 atom stereocenters. The summed E-state index contributed by atoms with van der Waals surface area (Å²) in [5.74, 6) is -0.576. The number of halogens is 4. The Morgan fingerprint density at radius 2 is 1.48 bits per heavy atom. The fourth-order valence-electron chi connectivity index (χ4n) is 2.91. The van der Waals surface area contributed by atoms with Crippen LogP contribution in [0.4, 0.5) is 28.9 Å². The van der Waals surface area contributed by atoms with E-state index in [-0.39, 0.29) is 5.56 Å². The summed E-state index contributed by atoms with van der Waals surface area (Å²) in [5.41, 5.74) is 0.522. The SMILES string of the molecule is O=Cc1ccc(N2CCN(c3cccc(C(F)(F)F)c3)CC2)cc1F. The largest absolute Gasteiger partial charge is 0.416 e. The maximum atomic E-state index is 13.7. The predicted molar refractivity (Wildman–Crippen MR) is 87.7 cm³/mol. The van der Waals surface area contributed by atoms with Crippen molar-refractivity contribution in [3.8, 4) is 0 Å². The van der Waals surface area contributed by atoms with Gasteiger partial charge in [0.15, 0.2) is 6.29 Å². The fraction of sp³-hybridized carbons (Fsp3) is 0.278. The van der Waals surface area contributed by atoms with Crippen LogP contribution in [0.25, 0.3) is 0 Å². The fourth-order valence-corrected chi connectivity index (χ4v) is 2.91. The highest BCUT2D eigenvalue weighted by atomic mass is 19.4. The topological polar surface area (TPSA) is 23.6 Å². The number of hydrogen-bond acceptors (Lipinski definition) is 3. The summed E-state index contributed by atoms with van der Waals surface area (Å²) >= 11 is 0. The quantitative estimate of drug-likeness (QED) is 0.617. The van der Waals surface area contributed by atoms with E-state index < -0.39 is 17.6 Å². The van der Waals surface area contributed by atoms with Crippen molar-refractivity contribution in [2.75, 3.05) is 36.0 Å². The molecule has 0 N–H and O–H groups in total. The van der Waals surface area contributed by atoms with Gasteiger partial charge in [-0.25, -0.2) is 4.39 Å². The third-order valence-electron chi connectivity index (χ3n) is 4.29. The number of alkyl halides is 3.